The van der Waals surface area contributed by atoms with E-state index in [0.717, 1.165) is 21.3 Å². The first-order valence-corrected chi connectivity index (χ1v) is 5.71. The molecule has 1 heterocycles. The van der Waals surface area contributed by atoms with Gasteiger partial charge in [0.2, 0.25) is 0 Å². The van der Waals surface area contributed by atoms with Gasteiger partial charge in [-0.25, -0.2) is 4.98 Å². The van der Waals surface area contributed by atoms with E-state index in [2.05, 4.69) is 20.9 Å². The van der Waals surface area contributed by atoms with Crippen LogP contribution in [-0.2, 0) is 11.3 Å². The molecule has 0 atom stereocenters. The molecule has 0 aliphatic carbocycles. The Labute approximate surface area is 101 Å². The SMILES string of the molecule is Cc1nc2ccc(Br)cc2n1CCC(=O)O. The number of imidazole rings is 1. The predicted molar refractivity (Wildman–Crippen MR) is 64.4 cm³/mol. The van der Waals surface area contributed by atoms with E-state index in [4.69, 9.17) is 5.11 Å². The maximum atomic E-state index is 10.6. The molecule has 1 aromatic heterocycles. The number of aliphatic carboxylic acids is 1. The van der Waals surface area contributed by atoms with Gasteiger partial charge in [-0.3, -0.25) is 4.79 Å². The largest absolute Gasteiger partial charge is 0.481 e. The van der Waals surface area contributed by atoms with Gasteiger partial charge in [0, 0.05) is 11.0 Å². The Morgan fingerprint density at radius 2 is 2.31 bits per heavy atom. The van der Waals surface area contributed by atoms with Crippen molar-refractivity contribution in [2.45, 2.75) is 19.9 Å². The molecular formula is C11H11BrN2O2. The second kappa shape index (κ2) is 4.25. The zero-order chi connectivity index (χ0) is 11.7. The average molecular weight is 283 g/mol. The predicted octanol–water partition coefficient (Wildman–Crippen LogP) is 2.58. The van der Waals surface area contributed by atoms with Gasteiger partial charge in [0.05, 0.1) is 17.5 Å². The normalized spacial score (nSPS) is 10.9. The number of hydrogen-bond acceptors (Lipinski definition) is 2. The smallest absolute Gasteiger partial charge is 0.305 e. The fourth-order valence-corrected chi connectivity index (χ4v) is 2.06. The molecule has 0 amide bonds. The molecule has 0 fully saturated rings. The van der Waals surface area contributed by atoms with Crippen molar-refractivity contribution in [1.82, 2.24) is 9.55 Å². The molecular weight excluding hydrogens is 272 g/mol. The summed E-state index contributed by atoms with van der Waals surface area (Å²) in [4.78, 5) is 14.9. The average Bonchev–Trinajstić information content (AvgIpc) is 2.51. The maximum Gasteiger partial charge on any atom is 0.305 e. The molecule has 0 bridgehead atoms. The van der Waals surface area contributed by atoms with E-state index in [9.17, 15) is 4.79 Å². The zero-order valence-electron chi connectivity index (χ0n) is 8.77. The summed E-state index contributed by atoms with van der Waals surface area (Å²) in [7, 11) is 0. The first-order chi connectivity index (χ1) is 7.58. The molecule has 0 saturated heterocycles. The Morgan fingerprint density at radius 1 is 1.56 bits per heavy atom. The van der Waals surface area contributed by atoms with Crippen LogP contribution in [-0.4, -0.2) is 20.6 Å². The van der Waals surface area contributed by atoms with Crippen LogP contribution in [0.15, 0.2) is 22.7 Å². The molecule has 1 N–H and O–H groups in total. The standard InChI is InChI=1S/C11H11BrN2O2/c1-7-13-9-3-2-8(12)6-10(9)14(7)5-4-11(15)16/h2-3,6H,4-5H2,1H3,(H,15,16). The Balaban J connectivity index is 2.45. The quantitative estimate of drug-likeness (QED) is 0.942. The summed E-state index contributed by atoms with van der Waals surface area (Å²) in [5.74, 6) is 0.0468. The van der Waals surface area contributed by atoms with Crippen LogP contribution in [0, 0.1) is 6.92 Å². The van der Waals surface area contributed by atoms with E-state index < -0.39 is 5.97 Å². The van der Waals surface area contributed by atoms with E-state index >= 15 is 0 Å². The van der Waals surface area contributed by atoms with Gasteiger partial charge in [-0.15, -0.1) is 0 Å². The Morgan fingerprint density at radius 3 is 3.00 bits per heavy atom. The van der Waals surface area contributed by atoms with Crippen LogP contribution >= 0.6 is 15.9 Å². The summed E-state index contributed by atoms with van der Waals surface area (Å²) in [6.45, 7) is 2.34. The van der Waals surface area contributed by atoms with Gasteiger partial charge in [0.25, 0.3) is 0 Å². The number of rotatable bonds is 3. The van der Waals surface area contributed by atoms with Crippen LogP contribution in [0.1, 0.15) is 12.2 Å². The van der Waals surface area contributed by atoms with Crippen LogP contribution in [0.4, 0.5) is 0 Å². The molecule has 84 valence electrons. The highest BCUT2D eigenvalue weighted by atomic mass is 79.9. The molecule has 0 saturated carbocycles. The number of carboxylic acids is 1. The summed E-state index contributed by atoms with van der Waals surface area (Å²) in [6.07, 6.45) is 0.110. The lowest BCUT2D eigenvalue weighted by atomic mass is 10.3. The number of carbonyl (C=O) groups is 1. The molecule has 2 aromatic rings. The molecule has 0 unspecified atom stereocenters. The molecule has 0 aliphatic heterocycles. The number of halogens is 1. The molecule has 2 rings (SSSR count). The summed E-state index contributed by atoms with van der Waals surface area (Å²) < 4.78 is 2.89. The second-order valence-corrected chi connectivity index (χ2v) is 4.50. The van der Waals surface area contributed by atoms with E-state index in [-0.39, 0.29) is 6.42 Å². The molecule has 0 radical (unpaired) electrons. The monoisotopic (exact) mass is 282 g/mol. The Bertz CT molecular complexity index is 548. The minimum Gasteiger partial charge on any atom is -0.481 e. The molecule has 1 aromatic carbocycles. The third-order valence-corrected chi connectivity index (χ3v) is 2.94. The molecule has 0 aliphatic rings. The summed E-state index contributed by atoms with van der Waals surface area (Å²) in [6, 6.07) is 5.80. The van der Waals surface area contributed by atoms with Gasteiger partial charge in [0.1, 0.15) is 5.82 Å². The third kappa shape index (κ3) is 2.09. The number of nitrogens with zero attached hydrogens (tertiary/aromatic N) is 2. The maximum absolute atomic E-state index is 10.6. The number of aromatic nitrogens is 2. The van der Waals surface area contributed by atoms with Crippen molar-refractivity contribution in [2.24, 2.45) is 0 Å². The van der Waals surface area contributed by atoms with E-state index in [0.29, 0.717) is 6.54 Å². The van der Waals surface area contributed by atoms with Crippen molar-refractivity contribution in [1.29, 1.82) is 0 Å². The van der Waals surface area contributed by atoms with E-state index in [1.807, 2.05) is 29.7 Å². The highest BCUT2D eigenvalue weighted by Crippen LogP contribution is 2.21. The topological polar surface area (TPSA) is 55.1 Å². The third-order valence-electron chi connectivity index (χ3n) is 2.45. The lowest BCUT2D eigenvalue weighted by Gasteiger charge is -2.04. The summed E-state index contributed by atoms with van der Waals surface area (Å²) in [5.41, 5.74) is 1.86. The number of fused-ring (bicyclic) bond motifs is 1. The van der Waals surface area contributed by atoms with Crippen LogP contribution < -0.4 is 0 Å². The van der Waals surface area contributed by atoms with Gasteiger partial charge in [-0.2, -0.15) is 0 Å². The van der Waals surface area contributed by atoms with Crippen molar-refractivity contribution in [3.05, 3.63) is 28.5 Å². The summed E-state index contributed by atoms with van der Waals surface area (Å²) in [5, 5.41) is 8.69. The van der Waals surface area contributed by atoms with Gasteiger partial charge in [-0.1, -0.05) is 15.9 Å². The Kier molecular flexibility index (Phi) is 2.96. The van der Waals surface area contributed by atoms with Crippen molar-refractivity contribution in [3.63, 3.8) is 0 Å². The minimum atomic E-state index is -0.795. The second-order valence-electron chi connectivity index (χ2n) is 3.59. The fourth-order valence-electron chi connectivity index (χ4n) is 1.71. The highest BCUT2D eigenvalue weighted by Gasteiger charge is 2.08. The van der Waals surface area contributed by atoms with E-state index in [1.165, 1.54) is 0 Å². The minimum absolute atomic E-state index is 0.110. The fraction of sp³-hybridized carbons (Fsp3) is 0.273. The van der Waals surface area contributed by atoms with Gasteiger partial charge in [-0.05, 0) is 25.1 Å². The van der Waals surface area contributed by atoms with E-state index in [1.54, 1.807) is 0 Å². The number of carboxylic acid groups (broad SMARTS) is 1. The van der Waals surface area contributed by atoms with Crippen molar-refractivity contribution >= 4 is 32.9 Å². The Hall–Kier alpha value is -1.36. The van der Waals surface area contributed by atoms with Gasteiger partial charge in [0.15, 0.2) is 0 Å². The lowest BCUT2D eigenvalue weighted by Crippen LogP contribution is -2.05. The molecule has 5 heteroatoms. The van der Waals surface area contributed by atoms with Crippen LogP contribution in [0.2, 0.25) is 0 Å². The number of benzene rings is 1. The van der Waals surface area contributed by atoms with Crippen molar-refractivity contribution in [2.75, 3.05) is 0 Å². The van der Waals surface area contributed by atoms with Gasteiger partial charge < -0.3 is 9.67 Å². The first kappa shape index (κ1) is 11.1. The zero-order valence-corrected chi connectivity index (χ0v) is 10.4. The number of hydrogen-bond donors (Lipinski definition) is 1. The molecule has 0 spiro atoms. The highest BCUT2D eigenvalue weighted by molar-refractivity contribution is 9.10. The molecule has 4 nitrogen and oxygen atoms in total. The summed E-state index contributed by atoms with van der Waals surface area (Å²) >= 11 is 3.40. The lowest BCUT2D eigenvalue weighted by molar-refractivity contribution is -0.137. The van der Waals surface area contributed by atoms with Crippen LogP contribution in [0.5, 0.6) is 0 Å². The van der Waals surface area contributed by atoms with Gasteiger partial charge >= 0.3 is 5.97 Å². The van der Waals surface area contributed by atoms with Crippen molar-refractivity contribution < 1.29 is 9.90 Å². The van der Waals surface area contributed by atoms with Crippen LogP contribution in [0.25, 0.3) is 11.0 Å². The molecule has 16 heavy (non-hydrogen) atoms. The first-order valence-electron chi connectivity index (χ1n) is 4.92. The van der Waals surface area contributed by atoms with Crippen molar-refractivity contribution in [3.8, 4) is 0 Å². The van der Waals surface area contributed by atoms with Crippen LogP contribution in [0.3, 0.4) is 0 Å². The number of aryl methyl sites for hydroxylation is 2.